The molecule has 1 fully saturated rings. The van der Waals surface area contributed by atoms with Gasteiger partial charge in [0.05, 0.1) is 6.04 Å². The van der Waals surface area contributed by atoms with Gasteiger partial charge in [-0.3, -0.25) is 14.4 Å². The predicted molar refractivity (Wildman–Crippen MR) is 110 cm³/mol. The third-order valence-corrected chi connectivity index (χ3v) is 4.71. The van der Waals surface area contributed by atoms with E-state index in [4.69, 9.17) is 5.73 Å². The molecule has 3 N–H and O–H groups in total. The lowest BCUT2D eigenvalue weighted by Gasteiger charge is -2.35. The number of nitrogens with zero attached hydrogens (tertiary/aromatic N) is 2. The van der Waals surface area contributed by atoms with Crippen LogP contribution < -0.4 is 11.1 Å². The van der Waals surface area contributed by atoms with Crippen LogP contribution in [0.1, 0.15) is 59.3 Å². The molecule has 0 spiro atoms. The summed E-state index contributed by atoms with van der Waals surface area (Å²) in [6.07, 6.45) is 4.32. The van der Waals surface area contributed by atoms with E-state index in [1.165, 1.54) is 0 Å². The Bertz CT molecular complexity index is 466. The second-order valence-electron chi connectivity index (χ2n) is 7.48. The zero-order valence-electron chi connectivity index (χ0n) is 17.0. The molecule has 0 aromatic rings. The summed E-state index contributed by atoms with van der Waals surface area (Å²) in [5, 5.41) is 2.82. The van der Waals surface area contributed by atoms with Crippen molar-refractivity contribution in [1.82, 2.24) is 15.1 Å². The van der Waals surface area contributed by atoms with Crippen LogP contribution in [0.5, 0.6) is 0 Å². The second kappa shape index (κ2) is 13.8. The van der Waals surface area contributed by atoms with E-state index in [0.29, 0.717) is 57.9 Å². The summed E-state index contributed by atoms with van der Waals surface area (Å²) in [4.78, 5) is 39.6. The predicted octanol–water partition coefficient (Wildman–Crippen LogP) is 1.54. The molecule has 1 heterocycles. The lowest BCUT2D eigenvalue weighted by atomic mass is 10.1. The van der Waals surface area contributed by atoms with Crippen LogP contribution in [0.2, 0.25) is 0 Å². The third kappa shape index (κ3) is 9.96. The zero-order chi connectivity index (χ0) is 19.5. The third-order valence-electron chi connectivity index (χ3n) is 4.71. The number of nitrogens with two attached hydrogens (primary N) is 1. The first kappa shape index (κ1) is 25.7. The molecule has 7 nitrogen and oxygen atoms in total. The van der Waals surface area contributed by atoms with Crippen LogP contribution in [0.4, 0.5) is 0 Å². The zero-order valence-corrected chi connectivity index (χ0v) is 17.9. The van der Waals surface area contributed by atoms with Gasteiger partial charge in [0.15, 0.2) is 0 Å². The van der Waals surface area contributed by atoms with Gasteiger partial charge in [0, 0.05) is 45.6 Å². The average molecular weight is 405 g/mol. The smallest absolute Gasteiger partial charge is 0.236 e. The Morgan fingerprint density at radius 3 is 2.04 bits per heavy atom. The second-order valence-corrected chi connectivity index (χ2v) is 7.48. The minimum Gasteiger partial charge on any atom is -0.355 e. The van der Waals surface area contributed by atoms with Crippen molar-refractivity contribution in [2.24, 2.45) is 11.7 Å². The standard InChI is InChI=1S/C19H36N4O3.ClH/c1-4-16(20)19(26)21-9-7-5-6-8-17(24)22-10-12-23(13-11-22)18(25)14-15(2)3;/h15-16H,4-14,20H2,1-3H3,(H,21,26);1H/t16-;/m0./s1. The number of unbranched alkanes of at least 4 members (excludes halogenated alkanes) is 2. The quantitative estimate of drug-likeness (QED) is 0.540. The molecule has 1 rings (SSSR count). The first-order chi connectivity index (χ1) is 12.3. The minimum absolute atomic E-state index is 0. The Balaban J connectivity index is 0.00000676. The van der Waals surface area contributed by atoms with Gasteiger partial charge >= 0.3 is 0 Å². The van der Waals surface area contributed by atoms with Crippen molar-refractivity contribution >= 4 is 30.1 Å². The fraction of sp³-hybridized carbons (Fsp3) is 0.842. The van der Waals surface area contributed by atoms with Crippen molar-refractivity contribution in [3.8, 4) is 0 Å². The number of hydrogen-bond acceptors (Lipinski definition) is 4. The van der Waals surface area contributed by atoms with Crippen LogP contribution in [-0.4, -0.2) is 66.3 Å². The summed E-state index contributed by atoms with van der Waals surface area (Å²) in [7, 11) is 0. The van der Waals surface area contributed by atoms with Gasteiger partial charge < -0.3 is 20.9 Å². The fourth-order valence-electron chi connectivity index (χ4n) is 2.95. The van der Waals surface area contributed by atoms with Crippen LogP contribution in [0.15, 0.2) is 0 Å². The van der Waals surface area contributed by atoms with E-state index < -0.39 is 6.04 Å². The summed E-state index contributed by atoms with van der Waals surface area (Å²) in [5.74, 6) is 0.619. The van der Waals surface area contributed by atoms with Crippen molar-refractivity contribution in [2.75, 3.05) is 32.7 Å². The molecule has 3 amide bonds. The van der Waals surface area contributed by atoms with Crippen LogP contribution in [0.3, 0.4) is 0 Å². The van der Waals surface area contributed by atoms with Gasteiger partial charge in [0.25, 0.3) is 0 Å². The Morgan fingerprint density at radius 2 is 1.52 bits per heavy atom. The number of halogens is 1. The maximum atomic E-state index is 12.3. The molecule has 1 aliphatic heterocycles. The number of carbonyl (C=O) groups is 3. The lowest BCUT2D eigenvalue weighted by molar-refractivity contribution is -0.140. The molecule has 1 aliphatic rings. The van der Waals surface area contributed by atoms with Crippen molar-refractivity contribution < 1.29 is 14.4 Å². The van der Waals surface area contributed by atoms with Crippen molar-refractivity contribution in [1.29, 1.82) is 0 Å². The van der Waals surface area contributed by atoms with Crippen molar-refractivity contribution in [2.45, 2.75) is 65.3 Å². The maximum absolute atomic E-state index is 12.3. The first-order valence-corrected chi connectivity index (χ1v) is 9.94. The average Bonchev–Trinajstić information content (AvgIpc) is 2.62. The Kier molecular flexibility index (Phi) is 13.1. The van der Waals surface area contributed by atoms with E-state index in [1.807, 2.05) is 30.6 Å². The fourth-order valence-corrected chi connectivity index (χ4v) is 2.95. The highest BCUT2D eigenvalue weighted by Crippen LogP contribution is 2.10. The molecular formula is C19H37ClN4O3. The van der Waals surface area contributed by atoms with Gasteiger partial charge in [-0.1, -0.05) is 27.2 Å². The molecule has 0 bridgehead atoms. The number of rotatable bonds is 10. The van der Waals surface area contributed by atoms with Gasteiger partial charge in [-0.25, -0.2) is 0 Å². The summed E-state index contributed by atoms with van der Waals surface area (Å²) in [6.45, 7) is 9.12. The van der Waals surface area contributed by atoms with Gasteiger partial charge in [-0.2, -0.15) is 0 Å². The molecule has 8 heteroatoms. The Labute approximate surface area is 169 Å². The van der Waals surface area contributed by atoms with E-state index in [2.05, 4.69) is 5.32 Å². The number of hydrogen-bond donors (Lipinski definition) is 2. The monoisotopic (exact) mass is 404 g/mol. The molecule has 0 unspecified atom stereocenters. The minimum atomic E-state index is -0.428. The van der Waals surface area contributed by atoms with E-state index in [9.17, 15) is 14.4 Å². The number of carbonyl (C=O) groups excluding carboxylic acids is 3. The first-order valence-electron chi connectivity index (χ1n) is 9.94. The molecule has 0 aliphatic carbocycles. The summed E-state index contributed by atoms with van der Waals surface area (Å²) < 4.78 is 0. The highest BCUT2D eigenvalue weighted by Gasteiger charge is 2.23. The molecule has 0 aromatic carbocycles. The van der Waals surface area contributed by atoms with E-state index >= 15 is 0 Å². The highest BCUT2D eigenvalue weighted by atomic mass is 35.5. The van der Waals surface area contributed by atoms with Crippen LogP contribution >= 0.6 is 12.4 Å². The molecule has 1 saturated heterocycles. The molecule has 0 aromatic heterocycles. The normalized spacial score (nSPS) is 15.3. The van der Waals surface area contributed by atoms with Crippen molar-refractivity contribution in [3.63, 3.8) is 0 Å². The number of amides is 3. The Morgan fingerprint density at radius 1 is 0.963 bits per heavy atom. The topological polar surface area (TPSA) is 95.7 Å². The lowest BCUT2D eigenvalue weighted by Crippen LogP contribution is -2.50. The maximum Gasteiger partial charge on any atom is 0.236 e. The van der Waals surface area contributed by atoms with Gasteiger partial charge in [0.2, 0.25) is 17.7 Å². The molecule has 0 radical (unpaired) electrons. The molecule has 1 atom stereocenters. The largest absolute Gasteiger partial charge is 0.355 e. The van der Waals surface area contributed by atoms with E-state index in [1.54, 1.807) is 0 Å². The van der Waals surface area contributed by atoms with E-state index in [-0.39, 0.29) is 30.1 Å². The van der Waals surface area contributed by atoms with Crippen LogP contribution in [0, 0.1) is 5.92 Å². The van der Waals surface area contributed by atoms with Gasteiger partial charge in [0.1, 0.15) is 0 Å². The molecular weight excluding hydrogens is 368 g/mol. The van der Waals surface area contributed by atoms with Crippen LogP contribution in [0.25, 0.3) is 0 Å². The number of nitrogens with one attached hydrogen (secondary N) is 1. The number of piperazine rings is 1. The van der Waals surface area contributed by atoms with Gasteiger partial charge in [-0.05, 0) is 25.2 Å². The molecule has 27 heavy (non-hydrogen) atoms. The summed E-state index contributed by atoms with van der Waals surface area (Å²) >= 11 is 0. The van der Waals surface area contributed by atoms with Crippen molar-refractivity contribution in [3.05, 3.63) is 0 Å². The highest BCUT2D eigenvalue weighted by molar-refractivity contribution is 5.85. The van der Waals surface area contributed by atoms with E-state index in [0.717, 1.165) is 19.3 Å². The Hall–Kier alpha value is -1.34. The summed E-state index contributed by atoms with van der Waals surface area (Å²) in [6, 6.07) is -0.428. The molecule has 0 saturated carbocycles. The van der Waals surface area contributed by atoms with Gasteiger partial charge in [-0.15, -0.1) is 12.4 Å². The molecule has 158 valence electrons. The van der Waals surface area contributed by atoms with Crippen LogP contribution in [-0.2, 0) is 14.4 Å². The SMILES string of the molecule is CC[C@H](N)C(=O)NCCCCCC(=O)N1CCN(C(=O)CC(C)C)CC1.Cl. The summed E-state index contributed by atoms with van der Waals surface area (Å²) in [5.41, 5.74) is 5.64.